The highest BCUT2D eigenvalue weighted by atomic mass is 79.9. The fourth-order valence-electron chi connectivity index (χ4n) is 4.16. The molecule has 22 heavy (non-hydrogen) atoms. The Labute approximate surface area is 133 Å². The summed E-state index contributed by atoms with van der Waals surface area (Å²) in [6, 6.07) is 0. The first-order chi connectivity index (χ1) is 9.98. The van der Waals surface area contributed by atoms with Crippen molar-refractivity contribution in [3.05, 3.63) is 0 Å². The fraction of sp³-hybridized carbons (Fsp3) is 0.692. The molecule has 8 nitrogen and oxygen atoms in total. The molecule has 9 heteroatoms. The van der Waals surface area contributed by atoms with Gasteiger partial charge in [0.2, 0.25) is 0 Å². The first-order valence-electron chi connectivity index (χ1n) is 6.59. The highest BCUT2D eigenvalue weighted by molar-refractivity contribution is 9.10. The Hall–Kier alpha value is -1.64. The molecule has 4 N–H and O–H groups in total. The zero-order chi connectivity index (χ0) is 17.0. The van der Waals surface area contributed by atoms with E-state index in [9.17, 15) is 39.6 Å². The molecule has 6 atom stereocenters. The molecule has 6 unspecified atom stereocenters. The number of carboxylic acids is 4. The van der Waals surface area contributed by atoms with Crippen LogP contribution in [0, 0.1) is 29.1 Å². The van der Waals surface area contributed by atoms with Crippen LogP contribution < -0.4 is 0 Å². The fourth-order valence-corrected chi connectivity index (χ4v) is 5.13. The van der Waals surface area contributed by atoms with Gasteiger partial charge < -0.3 is 20.4 Å². The van der Waals surface area contributed by atoms with Crippen molar-refractivity contribution >= 4 is 39.8 Å². The van der Waals surface area contributed by atoms with E-state index in [-0.39, 0.29) is 12.8 Å². The largest absolute Gasteiger partial charge is 0.481 e. The first kappa shape index (κ1) is 16.7. The van der Waals surface area contributed by atoms with Crippen molar-refractivity contribution in [2.24, 2.45) is 29.1 Å². The molecule has 2 aliphatic rings. The van der Waals surface area contributed by atoms with Crippen LogP contribution in [0.1, 0.15) is 19.8 Å². The molecule has 122 valence electrons. The van der Waals surface area contributed by atoms with E-state index in [1.165, 1.54) is 6.92 Å². The predicted molar refractivity (Wildman–Crippen MR) is 73.5 cm³/mol. The van der Waals surface area contributed by atoms with Crippen LogP contribution in [0.2, 0.25) is 0 Å². The molecule has 0 heterocycles. The van der Waals surface area contributed by atoms with E-state index >= 15 is 0 Å². The third-order valence-corrected chi connectivity index (χ3v) is 7.07. The molecule has 2 saturated carbocycles. The van der Waals surface area contributed by atoms with Gasteiger partial charge in [-0.3, -0.25) is 19.2 Å². The summed E-state index contributed by atoms with van der Waals surface area (Å²) in [5.74, 6) is -9.81. The molecular formula is C13H15BrO8. The van der Waals surface area contributed by atoms with Crippen molar-refractivity contribution in [1.29, 1.82) is 0 Å². The molecule has 0 bridgehead atoms. The zero-order valence-corrected chi connectivity index (χ0v) is 13.1. The van der Waals surface area contributed by atoms with E-state index in [0.717, 1.165) is 0 Å². The normalized spacial score (nSPS) is 43.5. The van der Waals surface area contributed by atoms with Crippen molar-refractivity contribution in [2.45, 2.75) is 24.1 Å². The minimum Gasteiger partial charge on any atom is -0.481 e. The summed E-state index contributed by atoms with van der Waals surface area (Å²) in [5.41, 5.74) is -1.14. The third kappa shape index (κ3) is 1.87. The standard InChI is InChI=1S/C13H15BrO8/c1-12-3-5(9(17)18)4(8(15)16)2-6(12)7(10(19)20)13(12,14)11(21)22/h4-7H,2-3H2,1H3,(H,15,16)(H,17,18)(H,19,20)(H,21,22). The second kappa shape index (κ2) is 4.94. The number of carboxylic acid groups (broad SMARTS) is 4. The molecule has 0 aromatic carbocycles. The molecule has 0 radical (unpaired) electrons. The van der Waals surface area contributed by atoms with Crippen LogP contribution in [0.4, 0.5) is 0 Å². The average molecular weight is 379 g/mol. The van der Waals surface area contributed by atoms with Gasteiger partial charge >= 0.3 is 23.9 Å². The Kier molecular flexibility index (Phi) is 3.75. The number of aliphatic carboxylic acids is 4. The maximum absolute atomic E-state index is 11.6. The van der Waals surface area contributed by atoms with Crippen LogP contribution in [-0.2, 0) is 19.2 Å². The Balaban J connectivity index is 2.48. The van der Waals surface area contributed by atoms with Gasteiger partial charge in [-0.2, -0.15) is 0 Å². The minimum absolute atomic E-state index is 0.166. The lowest BCUT2D eigenvalue weighted by atomic mass is 9.40. The summed E-state index contributed by atoms with van der Waals surface area (Å²) in [7, 11) is 0. The molecular weight excluding hydrogens is 364 g/mol. The molecule has 2 fully saturated rings. The number of fused-ring (bicyclic) bond motifs is 1. The smallest absolute Gasteiger partial charge is 0.321 e. The van der Waals surface area contributed by atoms with E-state index in [1.807, 2.05) is 0 Å². The van der Waals surface area contributed by atoms with Gasteiger partial charge in [0.25, 0.3) is 0 Å². The molecule has 0 aromatic rings. The predicted octanol–water partition coefficient (Wildman–Crippen LogP) is 0.737. The van der Waals surface area contributed by atoms with E-state index < -0.39 is 57.3 Å². The van der Waals surface area contributed by atoms with Crippen molar-refractivity contribution in [2.75, 3.05) is 0 Å². The zero-order valence-electron chi connectivity index (χ0n) is 11.5. The maximum Gasteiger partial charge on any atom is 0.321 e. The molecule has 0 saturated heterocycles. The maximum atomic E-state index is 11.6. The van der Waals surface area contributed by atoms with Gasteiger partial charge in [-0.05, 0) is 24.2 Å². The first-order valence-corrected chi connectivity index (χ1v) is 7.38. The highest BCUT2D eigenvalue weighted by Crippen LogP contribution is 2.70. The number of hydrogen-bond donors (Lipinski definition) is 4. The van der Waals surface area contributed by atoms with Crippen molar-refractivity contribution in [3.8, 4) is 0 Å². The molecule has 2 aliphatic carbocycles. The van der Waals surface area contributed by atoms with Crippen LogP contribution in [-0.4, -0.2) is 48.6 Å². The Bertz CT molecular complexity index is 574. The number of carbonyl (C=O) groups is 4. The van der Waals surface area contributed by atoms with E-state index in [4.69, 9.17) is 0 Å². The summed E-state index contributed by atoms with van der Waals surface area (Å²) in [6.45, 7) is 1.51. The quantitative estimate of drug-likeness (QED) is 0.523. The number of halogens is 1. The molecule has 0 spiro atoms. The van der Waals surface area contributed by atoms with E-state index in [2.05, 4.69) is 15.9 Å². The lowest BCUT2D eigenvalue weighted by Gasteiger charge is -2.65. The van der Waals surface area contributed by atoms with Crippen LogP contribution >= 0.6 is 15.9 Å². The Morgan fingerprint density at radius 2 is 1.45 bits per heavy atom. The van der Waals surface area contributed by atoms with Gasteiger partial charge in [0, 0.05) is 0 Å². The van der Waals surface area contributed by atoms with Crippen molar-refractivity contribution in [1.82, 2.24) is 0 Å². The van der Waals surface area contributed by atoms with Crippen LogP contribution in [0.5, 0.6) is 0 Å². The van der Waals surface area contributed by atoms with Crippen LogP contribution in [0.15, 0.2) is 0 Å². The second-order valence-corrected chi connectivity index (χ2v) is 7.44. The molecule has 0 aromatic heterocycles. The van der Waals surface area contributed by atoms with Gasteiger partial charge in [0.1, 0.15) is 4.32 Å². The van der Waals surface area contributed by atoms with E-state index in [1.54, 1.807) is 0 Å². The van der Waals surface area contributed by atoms with Gasteiger partial charge in [0.05, 0.1) is 17.8 Å². The summed E-state index contributed by atoms with van der Waals surface area (Å²) in [6.07, 6.45) is -0.369. The Morgan fingerprint density at radius 3 is 1.82 bits per heavy atom. The molecule has 2 rings (SSSR count). The number of rotatable bonds is 4. The summed E-state index contributed by atoms with van der Waals surface area (Å²) >= 11 is 3.01. The lowest BCUT2D eigenvalue weighted by molar-refractivity contribution is -0.200. The topological polar surface area (TPSA) is 149 Å². The summed E-state index contributed by atoms with van der Waals surface area (Å²) < 4.78 is -1.80. The van der Waals surface area contributed by atoms with Gasteiger partial charge in [0.15, 0.2) is 0 Å². The molecule has 0 aliphatic heterocycles. The summed E-state index contributed by atoms with van der Waals surface area (Å²) in [4.78, 5) is 45.7. The van der Waals surface area contributed by atoms with Crippen molar-refractivity contribution < 1.29 is 39.6 Å². The Morgan fingerprint density at radius 1 is 0.955 bits per heavy atom. The highest BCUT2D eigenvalue weighted by Gasteiger charge is 2.77. The monoisotopic (exact) mass is 378 g/mol. The molecule has 0 amide bonds. The van der Waals surface area contributed by atoms with Crippen LogP contribution in [0.3, 0.4) is 0 Å². The van der Waals surface area contributed by atoms with Gasteiger partial charge in [-0.15, -0.1) is 0 Å². The minimum atomic E-state index is -1.80. The van der Waals surface area contributed by atoms with Gasteiger partial charge in [-0.1, -0.05) is 22.9 Å². The number of alkyl halides is 1. The number of hydrogen-bond acceptors (Lipinski definition) is 4. The van der Waals surface area contributed by atoms with Crippen LogP contribution in [0.25, 0.3) is 0 Å². The summed E-state index contributed by atoms with van der Waals surface area (Å²) in [5, 5.41) is 37.2. The lowest BCUT2D eigenvalue weighted by Crippen LogP contribution is -2.74. The second-order valence-electron chi connectivity index (χ2n) is 6.19. The third-order valence-electron chi connectivity index (χ3n) is 5.33. The average Bonchev–Trinajstić information content (AvgIpc) is 2.38. The van der Waals surface area contributed by atoms with Gasteiger partial charge in [-0.25, -0.2) is 0 Å². The van der Waals surface area contributed by atoms with E-state index in [0.29, 0.717) is 0 Å². The van der Waals surface area contributed by atoms with Crippen molar-refractivity contribution in [3.63, 3.8) is 0 Å². The SMILES string of the molecule is CC12CC(C(=O)O)C(C(=O)O)CC1C(C(=O)O)C2(Br)C(=O)O.